The highest BCUT2D eigenvalue weighted by Crippen LogP contribution is 2.22. The van der Waals surface area contributed by atoms with Gasteiger partial charge in [-0.1, -0.05) is 14.0 Å². The second kappa shape index (κ2) is 12.0. The zero-order chi connectivity index (χ0) is 30.9. The quantitative estimate of drug-likeness (QED) is 0.239. The number of hydrogen-bond acceptors (Lipinski definition) is 10. The van der Waals surface area contributed by atoms with E-state index in [1.54, 1.807) is 18.9 Å². The van der Waals surface area contributed by atoms with Crippen molar-refractivity contribution in [3.05, 3.63) is 54.0 Å². The molecule has 1 aliphatic heterocycles. The lowest BCUT2D eigenvalue weighted by Gasteiger charge is -2.37. The number of carbonyl (C=O) groups is 1. The van der Waals surface area contributed by atoms with Gasteiger partial charge in [-0.25, -0.2) is 19.9 Å². The Morgan fingerprint density at radius 3 is 1.86 bits per heavy atom. The van der Waals surface area contributed by atoms with Gasteiger partial charge < -0.3 is 30.8 Å². The van der Waals surface area contributed by atoms with Gasteiger partial charge in [0.05, 0.1) is 12.7 Å². The summed E-state index contributed by atoms with van der Waals surface area (Å²) in [6.45, 7) is 22.2. The van der Waals surface area contributed by atoms with E-state index < -0.39 is 0 Å². The molecule has 14 nitrogen and oxygen atoms in total. The number of imidazole rings is 2. The van der Waals surface area contributed by atoms with Crippen LogP contribution in [0.4, 0.5) is 11.8 Å². The molecule has 1 amide bonds. The van der Waals surface area contributed by atoms with Crippen molar-refractivity contribution in [2.75, 3.05) is 11.5 Å². The molecule has 14 heteroatoms. The topological polar surface area (TPSA) is 192 Å². The minimum absolute atomic E-state index is 0. The first-order valence-electron chi connectivity index (χ1n) is 13.0. The molecular weight excluding hydrogens is 536 g/mol. The summed E-state index contributed by atoms with van der Waals surface area (Å²) in [5.41, 5.74) is 12.9. The summed E-state index contributed by atoms with van der Waals surface area (Å²) in [5.74, 6) is 1.06. The zero-order valence-electron chi connectivity index (χ0n) is 25.1. The Hall–Kier alpha value is -4.75. The fourth-order valence-corrected chi connectivity index (χ4v) is 3.87. The molecule has 4 aromatic heterocycles. The Bertz CT molecular complexity index is 1660. The van der Waals surface area contributed by atoms with Crippen LogP contribution in [0.25, 0.3) is 22.3 Å². The predicted molar refractivity (Wildman–Crippen MR) is 167 cm³/mol. The van der Waals surface area contributed by atoms with E-state index in [0.29, 0.717) is 28.3 Å². The number of amides is 1. The number of nitrogen functional groups attached to an aromatic ring is 2. The molecule has 0 bridgehead atoms. The van der Waals surface area contributed by atoms with Crippen molar-refractivity contribution in [1.29, 1.82) is 0 Å². The smallest absolute Gasteiger partial charge is 0.280 e. The Kier molecular flexibility index (Phi) is 9.56. The van der Waals surface area contributed by atoms with Gasteiger partial charge in [0.2, 0.25) is 5.95 Å². The Balaban J connectivity index is 0.000000219. The lowest BCUT2D eigenvalue weighted by Crippen LogP contribution is -2.44. The van der Waals surface area contributed by atoms with E-state index in [4.69, 9.17) is 11.5 Å². The second-order valence-electron chi connectivity index (χ2n) is 12.4. The third-order valence-corrected chi connectivity index (χ3v) is 5.89. The number of carbonyl (C=O) groups excluding carboxylic acids is 1. The van der Waals surface area contributed by atoms with E-state index in [2.05, 4.69) is 83.3 Å². The number of anilines is 2. The summed E-state index contributed by atoms with van der Waals surface area (Å²) in [7, 11) is 0. The van der Waals surface area contributed by atoms with Crippen LogP contribution in [0.3, 0.4) is 0 Å². The molecule has 0 radical (unpaired) electrons. The summed E-state index contributed by atoms with van der Waals surface area (Å²) < 4.78 is 3.81. The fourth-order valence-electron chi connectivity index (χ4n) is 3.87. The van der Waals surface area contributed by atoms with E-state index in [-0.39, 0.29) is 41.5 Å². The molecule has 0 aliphatic carbocycles. The summed E-state index contributed by atoms with van der Waals surface area (Å²) in [5, 5.41) is 2.64. The highest BCUT2D eigenvalue weighted by Gasteiger charge is 2.24. The van der Waals surface area contributed by atoms with Gasteiger partial charge in [0, 0.05) is 28.9 Å². The van der Waals surface area contributed by atoms with E-state index in [0.717, 1.165) is 5.65 Å². The molecular formula is C28H44N12O2. The monoisotopic (exact) mass is 580 g/mol. The Labute approximate surface area is 246 Å². The molecule has 0 unspecified atom stereocenters. The van der Waals surface area contributed by atoms with Crippen LogP contribution in [0, 0.1) is 0 Å². The third-order valence-electron chi connectivity index (χ3n) is 5.89. The highest BCUT2D eigenvalue weighted by molar-refractivity contribution is 5.89. The van der Waals surface area contributed by atoms with Crippen LogP contribution in [0.2, 0.25) is 0 Å². The zero-order valence-corrected chi connectivity index (χ0v) is 25.1. The normalized spacial score (nSPS) is 13.6. The number of nitrogens with one attached hydrogen (secondary N) is 2. The molecule has 0 atom stereocenters. The maximum Gasteiger partial charge on any atom is 0.280 e. The van der Waals surface area contributed by atoms with Crippen molar-refractivity contribution >= 4 is 40.0 Å². The molecule has 0 saturated heterocycles. The van der Waals surface area contributed by atoms with E-state index in [1.165, 1.54) is 12.4 Å². The predicted octanol–water partition coefficient (Wildman–Crippen LogP) is 3.46. The molecule has 42 heavy (non-hydrogen) atoms. The summed E-state index contributed by atoms with van der Waals surface area (Å²) in [6.07, 6.45) is 8.06. The molecule has 6 N–H and O–H groups in total. The number of aromatic amines is 1. The van der Waals surface area contributed by atoms with Gasteiger partial charge in [-0.05, 0) is 62.3 Å². The minimum atomic E-state index is -0.305. The van der Waals surface area contributed by atoms with Gasteiger partial charge in [0.15, 0.2) is 22.6 Å². The third kappa shape index (κ3) is 7.50. The maximum absolute atomic E-state index is 11.5. The van der Waals surface area contributed by atoms with Gasteiger partial charge in [-0.15, -0.1) is 0 Å². The summed E-state index contributed by atoms with van der Waals surface area (Å²) in [6, 6.07) is 0. The first-order valence-corrected chi connectivity index (χ1v) is 13.0. The maximum atomic E-state index is 11.5. The number of fused-ring (bicyclic) bond motifs is 2. The molecule has 5 rings (SSSR count). The molecule has 0 aromatic carbocycles. The summed E-state index contributed by atoms with van der Waals surface area (Å²) >= 11 is 0. The molecule has 0 spiro atoms. The molecule has 4 aromatic rings. The summed E-state index contributed by atoms with van der Waals surface area (Å²) in [4.78, 5) is 47.1. The first kappa shape index (κ1) is 33.5. The van der Waals surface area contributed by atoms with Crippen molar-refractivity contribution in [2.45, 2.75) is 86.4 Å². The minimum Gasteiger partial charge on any atom is -0.382 e. The molecule has 5 heterocycles. The lowest BCUT2D eigenvalue weighted by atomic mass is 10.1. The molecule has 1 aliphatic rings. The first-order chi connectivity index (χ1) is 18.8. The van der Waals surface area contributed by atoms with Gasteiger partial charge >= 0.3 is 0 Å². The molecule has 228 valence electrons. The second-order valence-corrected chi connectivity index (χ2v) is 12.4. The number of rotatable bonds is 0. The van der Waals surface area contributed by atoms with Crippen LogP contribution >= 0.6 is 0 Å². The molecule has 0 fully saturated rings. The largest absolute Gasteiger partial charge is 0.382 e. The lowest BCUT2D eigenvalue weighted by molar-refractivity contribution is -0.116. The Morgan fingerprint density at radius 2 is 1.33 bits per heavy atom. The van der Waals surface area contributed by atoms with Crippen molar-refractivity contribution < 1.29 is 4.79 Å². The van der Waals surface area contributed by atoms with Crippen molar-refractivity contribution in [3.8, 4) is 0 Å². The van der Waals surface area contributed by atoms with Crippen molar-refractivity contribution in [3.63, 3.8) is 0 Å². The van der Waals surface area contributed by atoms with Crippen LogP contribution in [0.15, 0.2) is 48.5 Å². The average molecular weight is 581 g/mol. The SMILES string of the molecule is C.C=C1NC(=O)C=CN1C(C)(C)C.CC(C)(C)n1cnc2c(=O)[nH]c(N)nc21.CC(C)(C)n1cnc2c(N)ncnc21. The van der Waals surface area contributed by atoms with E-state index in [1.807, 2.05) is 34.8 Å². The Morgan fingerprint density at radius 1 is 0.786 bits per heavy atom. The van der Waals surface area contributed by atoms with E-state index >= 15 is 0 Å². The highest BCUT2D eigenvalue weighted by atomic mass is 16.1. The number of nitrogens with two attached hydrogens (primary N) is 2. The van der Waals surface area contributed by atoms with Crippen LogP contribution in [-0.2, 0) is 15.9 Å². The average Bonchev–Trinajstić information content (AvgIpc) is 3.44. The fraction of sp³-hybridized carbons (Fsp3) is 0.464. The number of aromatic nitrogens is 8. The number of hydrogen-bond donors (Lipinski definition) is 4. The van der Waals surface area contributed by atoms with Crippen LogP contribution in [-0.4, -0.2) is 55.4 Å². The van der Waals surface area contributed by atoms with E-state index in [9.17, 15) is 9.59 Å². The van der Waals surface area contributed by atoms with Crippen molar-refractivity contribution in [2.24, 2.45) is 0 Å². The van der Waals surface area contributed by atoms with Gasteiger partial charge in [0.25, 0.3) is 11.5 Å². The van der Waals surface area contributed by atoms with Gasteiger partial charge in [-0.3, -0.25) is 14.6 Å². The van der Waals surface area contributed by atoms with Gasteiger partial charge in [-0.2, -0.15) is 4.98 Å². The standard InChI is InChI=1S/C9H13N5O.C9H13N5.C9H14N2O.CH4/c1-9(2,3)14-4-11-5-6(14)12-8(10)13-7(5)15;1-9(2,3)14-5-13-6-7(10)11-4-12-8(6)14;1-7-10-8(12)5-6-11(7)9(2,3)4;/h4H,1-3H3,(H3,10,12,13,15);4-5H,1-3H3,(H2,10,11,12);5-6H,1H2,2-4H3,(H,10,12);1H4. The van der Waals surface area contributed by atoms with Crippen LogP contribution in [0.1, 0.15) is 69.7 Å². The van der Waals surface area contributed by atoms with Crippen LogP contribution < -0.4 is 22.3 Å². The van der Waals surface area contributed by atoms with Crippen molar-refractivity contribution in [1.82, 2.24) is 49.3 Å². The van der Waals surface area contributed by atoms with Gasteiger partial charge in [0.1, 0.15) is 17.7 Å². The van der Waals surface area contributed by atoms with Crippen LogP contribution in [0.5, 0.6) is 0 Å². The molecule has 0 saturated carbocycles. The number of nitrogens with zero attached hydrogens (tertiary/aromatic N) is 8. The number of H-pyrrole nitrogens is 1.